The maximum atomic E-state index is 12.9. The van der Waals surface area contributed by atoms with E-state index in [-0.39, 0.29) is 33.7 Å². The molecule has 1 unspecified atom stereocenters. The van der Waals surface area contributed by atoms with Crippen LogP contribution in [-0.2, 0) is 32.3 Å². The van der Waals surface area contributed by atoms with Gasteiger partial charge in [-0.1, -0.05) is 36.4 Å². The predicted molar refractivity (Wildman–Crippen MR) is 142 cm³/mol. The van der Waals surface area contributed by atoms with E-state index in [9.17, 15) is 22.0 Å². The zero-order chi connectivity index (χ0) is 27.1. The molecule has 1 aromatic heterocycles. The Morgan fingerprint density at radius 1 is 0.895 bits per heavy atom. The number of anilines is 2. The zero-order valence-corrected chi connectivity index (χ0v) is 22.2. The Labute approximate surface area is 226 Å². The van der Waals surface area contributed by atoms with Gasteiger partial charge in [0.25, 0.3) is 0 Å². The Morgan fingerprint density at radius 2 is 1.55 bits per heavy atom. The number of aliphatic carboxylic acids is 1. The maximum Gasteiger partial charge on any atom is 0.307 e. The number of carbonyl (C=O) groups is 1. The van der Waals surface area contributed by atoms with Gasteiger partial charge in [0.15, 0.2) is 0 Å². The Morgan fingerprint density at radius 3 is 2.24 bits per heavy atom. The lowest BCUT2D eigenvalue weighted by Crippen LogP contribution is -2.18. The molecule has 1 atom stereocenters. The van der Waals surface area contributed by atoms with E-state index >= 15 is 0 Å². The molecule has 1 heterocycles. The van der Waals surface area contributed by atoms with Gasteiger partial charge in [-0.2, -0.15) is 0 Å². The molecule has 198 valence electrons. The van der Waals surface area contributed by atoms with Gasteiger partial charge in [0.2, 0.25) is 9.84 Å². The van der Waals surface area contributed by atoms with Crippen LogP contribution in [-0.4, -0.2) is 41.5 Å². The molecule has 0 aliphatic heterocycles. The van der Waals surface area contributed by atoms with Crippen molar-refractivity contribution in [1.29, 1.82) is 0 Å². The van der Waals surface area contributed by atoms with Crippen molar-refractivity contribution in [2.75, 3.05) is 17.5 Å². The zero-order valence-electron chi connectivity index (χ0n) is 19.8. The number of para-hydroxylation sites is 1. The molecule has 38 heavy (non-hydrogen) atoms. The Balaban J connectivity index is 1.40. The fraction of sp³-hybridized carbons (Fsp3) is 0.115. The number of rotatable bonds is 12. The minimum absolute atomic E-state index is 0.0269. The molecule has 0 fully saturated rings. The molecule has 0 aliphatic carbocycles. The molecule has 0 saturated carbocycles. The molecule has 0 radical (unpaired) electrons. The Kier molecular flexibility index (Phi) is 8.79. The van der Waals surface area contributed by atoms with Crippen molar-refractivity contribution in [2.24, 2.45) is 0 Å². The monoisotopic (exact) mass is 572 g/mol. The fourth-order valence-corrected chi connectivity index (χ4v) is 6.95. The average molecular weight is 573 g/mol. The summed E-state index contributed by atoms with van der Waals surface area (Å²) in [4.78, 5) is 11.1. The summed E-state index contributed by atoms with van der Waals surface area (Å²) >= 11 is -1.86. The van der Waals surface area contributed by atoms with Crippen LogP contribution in [0.25, 0.3) is 0 Å². The molecule has 0 bridgehead atoms. The summed E-state index contributed by atoms with van der Waals surface area (Å²) < 4.78 is 62.2. The van der Waals surface area contributed by atoms with E-state index in [0.29, 0.717) is 22.7 Å². The summed E-state index contributed by atoms with van der Waals surface area (Å²) in [5.41, 5.74) is 0.860. The first kappa shape index (κ1) is 27.3. The number of hydrogen-bond acceptors (Lipinski definition) is 8. The van der Waals surface area contributed by atoms with E-state index in [2.05, 4.69) is 0 Å². The van der Waals surface area contributed by atoms with Crippen molar-refractivity contribution in [1.82, 2.24) is 0 Å². The molecular weight excluding hydrogens is 550 g/mol. The van der Waals surface area contributed by atoms with Crippen LogP contribution in [0.4, 0.5) is 10.7 Å². The summed E-state index contributed by atoms with van der Waals surface area (Å²) in [6.07, 6.45) is -0.153. The number of thiophene rings is 1. The number of sulfone groups is 1. The minimum Gasteiger partial charge on any atom is -0.755 e. The van der Waals surface area contributed by atoms with Gasteiger partial charge in [-0.3, -0.25) is 13.3 Å². The van der Waals surface area contributed by atoms with Crippen LogP contribution in [0.2, 0.25) is 0 Å². The number of benzene rings is 3. The SMILES string of the molecule is O=C(O)Cc1ccccc1OCCOc1ccc(N(c2ccc(S(=O)(=O)c3ccccc3)s2)S(=O)[O-])cc1. The fourth-order valence-electron chi connectivity index (χ4n) is 3.51. The second-order valence-electron chi connectivity index (χ2n) is 7.79. The van der Waals surface area contributed by atoms with Gasteiger partial charge in [0.1, 0.15) is 33.9 Å². The standard InChI is InChI=1S/C26H23NO8S3/c28-25(29)18-19-6-4-5-9-23(19)35-17-16-34-21-12-10-20(11-13-21)27(37(30)31)24-14-15-26(36-24)38(32,33)22-7-2-1-3-8-22/h1-15H,16-18H2,(H,28,29)(H,30,31)/p-1. The normalized spacial score (nSPS) is 12.0. The van der Waals surface area contributed by atoms with Crippen molar-refractivity contribution in [3.63, 3.8) is 0 Å². The van der Waals surface area contributed by atoms with Gasteiger partial charge in [-0.05, 0) is 54.6 Å². The summed E-state index contributed by atoms with van der Waals surface area (Å²) in [5, 5.41) is 9.23. The van der Waals surface area contributed by atoms with Crippen LogP contribution in [0, 0.1) is 0 Å². The van der Waals surface area contributed by atoms with Crippen LogP contribution in [0.3, 0.4) is 0 Å². The highest BCUT2D eigenvalue weighted by molar-refractivity contribution is 7.93. The quantitative estimate of drug-likeness (QED) is 0.192. The summed E-state index contributed by atoms with van der Waals surface area (Å²) in [5.74, 6) is -0.0274. The molecule has 3 aromatic carbocycles. The third kappa shape index (κ3) is 6.58. The van der Waals surface area contributed by atoms with Gasteiger partial charge in [0, 0.05) is 5.56 Å². The second kappa shape index (κ2) is 12.2. The molecule has 0 aliphatic rings. The van der Waals surface area contributed by atoms with Gasteiger partial charge >= 0.3 is 5.97 Å². The highest BCUT2D eigenvalue weighted by atomic mass is 32.2. The number of carboxylic acid groups (broad SMARTS) is 1. The largest absolute Gasteiger partial charge is 0.755 e. The molecule has 0 amide bonds. The van der Waals surface area contributed by atoms with E-state index in [1.807, 2.05) is 0 Å². The lowest BCUT2D eigenvalue weighted by atomic mass is 10.1. The number of carboxylic acids is 1. The number of nitrogens with zero attached hydrogens (tertiary/aromatic N) is 1. The van der Waals surface area contributed by atoms with Crippen LogP contribution in [0.1, 0.15) is 5.56 Å². The first-order chi connectivity index (χ1) is 18.3. The molecular formula is C26H22NO8S3-. The Hall–Kier alpha value is -3.71. The van der Waals surface area contributed by atoms with Crippen molar-refractivity contribution in [3.8, 4) is 11.5 Å². The highest BCUT2D eigenvalue weighted by Crippen LogP contribution is 2.37. The molecule has 0 saturated heterocycles. The van der Waals surface area contributed by atoms with Gasteiger partial charge in [-0.25, -0.2) is 8.42 Å². The van der Waals surface area contributed by atoms with Crippen molar-refractivity contribution in [3.05, 3.63) is 96.6 Å². The van der Waals surface area contributed by atoms with Crippen molar-refractivity contribution in [2.45, 2.75) is 15.5 Å². The van der Waals surface area contributed by atoms with Crippen LogP contribution < -0.4 is 13.8 Å². The molecule has 4 rings (SSSR count). The minimum atomic E-state index is -3.78. The predicted octanol–water partition coefficient (Wildman–Crippen LogP) is 4.60. The van der Waals surface area contributed by atoms with Crippen molar-refractivity contribution < 1.29 is 36.6 Å². The third-order valence-corrected chi connectivity index (χ3v) is 9.38. The van der Waals surface area contributed by atoms with Gasteiger partial charge in [-0.15, -0.1) is 11.3 Å². The topological polar surface area (TPSA) is 133 Å². The lowest BCUT2D eigenvalue weighted by molar-refractivity contribution is -0.136. The van der Waals surface area contributed by atoms with E-state index in [4.69, 9.17) is 14.6 Å². The molecule has 12 heteroatoms. The summed E-state index contributed by atoms with van der Waals surface area (Å²) in [7, 11) is -3.78. The average Bonchev–Trinajstić information content (AvgIpc) is 3.39. The summed E-state index contributed by atoms with van der Waals surface area (Å²) in [6, 6.07) is 23.9. The van der Waals surface area contributed by atoms with Crippen molar-refractivity contribution >= 4 is 49.1 Å². The molecule has 1 N–H and O–H groups in total. The number of ether oxygens (including phenoxy) is 2. The highest BCUT2D eigenvalue weighted by Gasteiger charge is 2.22. The smallest absolute Gasteiger partial charge is 0.307 e. The van der Waals surface area contributed by atoms with E-state index < -0.39 is 27.1 Å². The van der Waals surface area contributed by atoms with Crippen LogP contribution in [0.15, 0.2) is 100 Å². The first-order valence-electron chi connectivity index (χ1n) is 11.2. The van der Waals surface area contributed by atoms with Crippen LogP contribution >= 0.6 is 11.3 Å². The van der Waals surface area contributed by atoms with E-state index in [1.165, 1.54) is 24.3 Å². The summed E-state index contributed by atoms with van der Waals surface area (Å²) in [6.45, 7) is 0.340. The Bertz CT molecular complexity index is 1520. The second-order valence-corrected chi connectivity index (χ2v) is 11.8. The van der Waals surface area contributed by atoms with E-state index in [0.717, 1.165) is 15.6 Å². The maximum absolute atomic E-state index is 12.9. The molecule has 0 spiro atoms. The lowest BCUT2D eigenvalue weighted by Gasteiger charge is -2.24. The van der Waals surface area contributed by atoms with Gasteiger partial charge < -0.3 is 19.1 Å². The van der Waals surface area contributed by atoms with Gasteiger partial charge in [0.05, 0.1) is 28.3 Å². The van der Waals surface area contributed by atoms with E-state index in [1.54, 1.807) is 66.7 Å². The molecule has 9 nitrogen and oxygen atoms in total. The first-order valence-corrected chi connectivity index (χ1v) is 14.5. The number of hydrogen-bond donors (Lipinski definition) is 1. The third-order valence-electron chi connectivity index (χ3n) is 5.23. The van der Waals surface area contributed by atoms with Crippen LogP contribution in [0.5, 0.6) is 11.5 Å². The molecule has 4 aromatic rings.